The van der Waals surface area contributed by atoms with E-state index in [1.54, 1.807) is 8.07 Å². The molecule has 0 spiro atoms. The molecule has 0 nitrogen and oxygen atoms in total. The van der Waals surface area contributed by atoms with E-state index in [-0.39, 0.29) is 24.0 Å². The molecule has 26 heavy (non-hydrogen) atoms. The van der Waals surface area contributed by atoms with Crippen molar-refractivity contribution >= 4 is 83.2 Å². The molecule has 0 aliphatic carbocycles. The Kier molecular flexibility index (Phi) is 12.0. The Bertz CT molecular complexity index is 670. The predicted molar refractivity (Wildman–Crippen MR) is 138 cm³/mol. The molecule has 3 rings (SSSR count). The second-order valence-corrected chi connectivity index (χ2v) is 24.8. The Morgan fingerprint density at radius 1 is 0.654 bits per heavy atom. The molecule has 0 atom stereocenters. The maximum atomic E-state index is 2.80. The van der Waals surface area contributed by atoms with Gasteiger partial charge >= 0.3 is 195 Å². The molecule has 0 fully saturated rings. The Morgan fingerprint density at radius 2 is 0.885 bits per heavy atom. The first kappa shape index (κ1) is 25.5. The van der Waals surface area contributed by atoms with E-state index in [9.17, 15) is 0 Å². The SMILES string of the molecule is CCP(I)(c1ccccc1)(c1ccccc1)c1ccccc1.[I-].[I][Ni+][I]. The van der Waals surface area contributed by atoms with Gasteiger partial charge < -0.3 is 24.0 Å². The van der Waals surface area contributed by atoms with Crippen LogP contribution >= 0.6 is 67.3 Å². The van der Waals surface area contributed by atoms with Gasteiger partial charge in [0.25, 0.3) is 0 Å². The average molecular weight is 858 g/mol. The fourth-order valence-corrected chi connectivity index (χ4v) is 10.5. The van der Waals surface area contributed by atoms with E-state index < -0.39 is 4.25 Å². The number of benzene rings is 3. The van der Waals surface area contributed by atoms with E-state index in [2.05, 4.69) is 161 Å². The number of rotatable bonds is 4. The third kappa shape index (κ3) is 5.35. The quantitative estimate of drug-likeness (QED) is 0.214. The zero-order chi connectivity index (χ0) is 18.2. The number of halogens is 4. The third-order valence-electron chi connectivity index (χ3n) is 4.48. The molecule has 0 N–H and O–H groups in total. The van der Waals surface area contributed by atoms with Crippen LogP contribution in [0, 0.1) is 0 Å². The first-order chi connectivity index (χ1) is 12.1. The normalized spacial score (nSPS) is 12.1. The molecule has 0 aliphatic heterocycles. The zero-order valence-electron chi connectivity index (χ0n) is 14.1. The molecular formula is C20H20I4NiP. The van der Waals surface area contributed by atoms with Crippen LogP contribution in [-0.4, -0.2) is 6.16 Å². The fourth-order valence-electron chi connectivity index (χ4n) is 3.21. The van der Waals surface area contributed by atoms with Gasteiger partial charge in [-0.2, -0.15) is 0 Å². The standard InChI is InChI=1S/C20H20IP.3HI.Ni/c1-2-22(21,18-12-6-3-7-13-18,19-14-8-4-9-15-19)20-16-10-5-11-17-20;;;;/h3-17H,2H2,1H3;3*1H;/q;;;;+3/p-3. The van der Waals surface area contributed by atoms with E-state index >= 15 is 0 Å². The Balaban J connectivity index is 0.000000791. The van der Waals surface area contributed by atoms with Crippen LogP contribution < -0.4 is 39.9 Å². The van der Waals surface area contributed by atoms with Gasteiger partial charge in [-0.15, -0.1) is 0 Å². The molecule has 0 aliphatic rings. The van der Waals surface area contributed by atoms with E-state index in [1.165, 1.54) is 15.9 Å². The zero-order valence-corrected chi connectivity index (χ0v) is 24.7. The summed E-state index contributed by atoms with van der Waals surface area (Å²) in [6, 6.07) is 33.1. The van der Waals surface area contributed by atoms with Crippen LogP contribution in [0.5, 0.6) is 0 Å². The first-order valence-electron chi connectivity index (χ1n) is 7.83. The Morgan fingerprint density at radius 3 is 1.08 bits per heavy atom. The van der Waals surface area contributed by atoms with Gasteiger partial charge in [0.2, 0.25) is 0 Å². The van der Waals surface area contributed by atoms with Gasteiger partial charge in [0.15, 0.2) is 0 Å². The van der Waals surface area contributed by atoms with Gasteiger partial charge in [0.05, 0.1) is 0 Å². The van der Waals surface area contributed by atoms with Crippen molar-refractivity contribution in [2.45, 2.75) is 6.92 Å². The fraction of sp³-hybridized carbons (Fsp3) is 0.100. The van der Waals surface area contributed by atoms with Crippen molar-refractivity contribution in [1.29, 1.82) is 0 Å². The van der Waals surface area contributed by atoms with Gasteiger partial charge in [-0.05, 0) is 0 Å². The molecule has 0 saturated carbocycles. The summed E-state index contributed by atoms with van der Waals surface area (Å²) in [4.78, 5) is 0. The summed E-state index contributed by atoms with van der Waals surface area (Å²) >= 11 is 7.23. The summed E-state index contributed by atoms with van der Waals surface area (Å²) in [5.74, 6) is 0. The van der Waals surface area contributed by atoms with Gasteiger partial charge in [0.1, 0.15) is 0 Å². The molecule has 3 aromatic rings. The van der Waals surface area contributed by atoms with Gasteiger partial charge in [-0.3, -0.25) is 0 Å². The average Bonchev–Trinajstić information content (AvgIpc) is 2.70. The van der Waals surface area contributed by atoms with Crippen molar-refractivity contribution in [3.8, 4) is 0 Å². The number of hydrogen-bond donors (Lipinski definition) is 0. The van der Waals surface area contributed by atoms with Crippen molar-refractivity contribution in [2.75, 3.05) is 6.16 Å². The maximum absolute atomic E-state index is 2.80. The van der Waals surface area contributed by atoms with Crippen LogP contribution in [0.25, 0.3) is 0 Å². The summed E-state index contributed by atoms with van der Waals surface area (Å²) in [5, 5.41) is 4.36. The van der Waals surface area contributed by atoms with E-state index in [0.717, 1.165) is 6.16 Å². The van der Waals surface area contributed by atoms with Crippen LogP contribution in [0.1, 0.15) is 6.92 Å². The van der Waals surface area contributed by atoms with Crippen LogP contribution in [-0.2, 0) is 8.07 Å². The van der Waals surface area contributed by atoms with Crippen LogP contribution in [0.4, 0.5) is 0 Å². The van der Waals surface area contributed by atoms with Crippen molar-refractivity contribution in [3.05, 3.63) is 91.0 Å². The third-order valence-corrected chi connectivity index (χ3v) is 16.9. The van der Waals surface area contributed by atoms with E-state index in [1.807, 2.05) is 0 Å². The predicted octanol–water partition coefficient (Wildman–Crippen LogP) is 3.66. The number of hydrogen-bond acceptors (Lipinski definition) is 0. The topological polar surface area (TPSA) is 0 Å². The molecule has 3 aromatic carbocycles. The van der Waals surface area contributed by atoms with Gasteiger partial charge in [-0.25, -0.2) is 0 Å². The molecule has 0 saturated heterocycles. The van der Waals surface area contributed by atoms with Crippen molar-refractivity contribution in [2.24, 2.45) is 0 Å². The van der Waals surface area contributed by atoms with E-state index in [4.69, 9.17) is 0 Å². The van der Waals surface area contributed by atoms with Crippen LogP contribution in [0.3, 0.4) is 0 Å². The minimum atomic E-state index is -2.43. The molecule has 143 valence electrons. The molecule has 0 amide bonds. The van der Waals surface area contributed by atoms with Crippen LogP contribution in [0.2, 0.25) is 0 Å². The molecule has 6 heteroatoms. The monoisotopic (exact) mass is 857 g/mol. The van der Waals surface area contributed by atoms with Crippen molar-refractivity contribution in [3.63, 3.8) is 0 Å². The van der Waals surface area contributed by atoms with Crippen molar-refractivity contribution < 1.29 is 32.0 Å². The second-order valence-electron chi connectivity index (χ2n) is 5.55. The first-order valence-corrected chi connectivity index (χ1v) is 19.4. The summed E-state index contributed by atoms with van der Waals surface area (Å²) in [5.41, 5.74) is 0. The van der Waals surface area contributed by atoms with E-state index in [0.29, 0.717) is 0 Å². The molecule has 0 aromatic heterocycles. The molecule has 0 heterocycles. The second kappa shape index (κ2) is 12.3. The summed E-state index contributed by atoms with van der Waals surface area (Å²) in [7, 11) is 1.56. The molecular weight excluding hydrogens is 838 g/mol. The minimum absolute atomic E-state index is 0. The van der Waals surface area contributed by atoms with Gasteiger partial charge in [-0.1, -0.05) is 0 Å². The molecule has 0 unspecified atom stereocenters. The van der Waals surface area contributed by atoms with Crippen molar-refractivity contribution in [1.82, 2.24) is 0 Å². The summed E-state index contributed by atoms with van der Waals surface area (Å²) in [6.07, 6.45) is 1.12. The van der Waals surface area contributed by atoms with Crippen LogP contribution in [0.15, 0.2) is 91.0 Å². The summed E-state index contributed by atoms with van der Waals surface area (Å²) < 4.78 is -2.43. The Labute approximate surface area is 216 Å². The molecule has 0 bridgehead atoms. The van der Waals surface area contributed by atoms with Gasteiger partial charge in [0, 0.05) is 0 Å². The molecule has 0 radical (unpaired) electrons. The summed E-state index contributed by atoms with van der Waals surface area (Å²) in [6.45, 7) is 2.33. The Hall–Kier alpha value is 1.50.